The average molecular weight is 1000 g/mol. The number of fused-ring (bicyclic) bond motifs is 3. The number of carboxylic acid groups (broad SMARTS) is 1. The van der Waals surface area contributed by atoms with Gasteiger partial charge in [0.25, 0.3) is 5.91 Å². The van der Waals surface area contributed by atoms with Gasteiger partial charge in [-0.15, -0.1) is 0 Å². The molecule has 0 spiro atoms. The van der Waals surface area contributed by atoms with Gasteiger partial charge in [-0.3, -0.25) is 39.4 Å². The third-order valence-electron chi connectivity index (χ3n) is 14.5. The van der Waals surface area contributed by atoms with Crippen LogP contribution in [0.25, 0.3) is 32.2 Å². The molecular weight excluding hydrogens is 947 g/mol. The summed E-state index contributed by atoms with van der Waals surface area (Å²) in [4.78, 5) is 78.0. The van der Waals surface area contributed by atoms with E-state index < -0.39 is 11.9 Å². The van der Waals surface area contributed by atoms with Crippen LogP contribution < -0.4 is 30.3 Å². The number of aryl methyl sites for hydroxylation is 1. The van der Waals surface area contributed by atoms with Crippen LogP contribution in [0.15, 0.2) is 84.9 Å². The van der Waals surface area contributed by atoms with Crippen LogP contribution >= 0.6 is 11.3 Å². The summed E-state index contributed by atoms with van der Waals surface area (Å²) in [5.74, 6) is -0.616. The molecule has 6 heterocycles. The second-order valence-corrected chi connectivity index (χ2v) is 20.2. The number of aromatic nitrogens is 4. The first-order chi connectivity index (χ1) is 35.3. The number of nitrogens with zero attached hydrogens (tertiary/aromatic N) is 6. The maximum Gasteiger partial charge on any atom is 0.355 e. The Morgan fingerprint density at radius 3 is 2.55 bits per heavy atom. The van der Waals surface area contributed by atoms with Crippen molar-refractivity contribution in [1.82, 2.24) is 30.0 Å². The zero-order valence-electron chi connectivity index (χ0n) is 41.2. The molecule has 4 amide bonds. The summed E-state index contributed by atoms with van der Waals surface area (Å²) in [6.07, 6.45) is 4.99. The number of aromatic carboxylic acids is 1. The molecule has 0 bridgehead atoms. The molecule has 3 aromatic heterocycles. The van der Waals surface area contributed by atoms with E-state index in [1.807, 2.05) is 90.7 Å². The van der Waals surface area contributed by atoms with Crippen LogP contribution in [-0.4, -0.2) is 98.7 Å². The van der Waals surface area contributed by atoms with Crippen LogP contribution in [0.3, 0.4) is 0 Å². The first kappa shape index (κ1) is 48.9. The summed E-state index contributed by atoms with van der Waals surface area (Å²) < 4.78 is 14.8. The predicted octanol–water partition coefficient (Wildman–Crippen LogP) is 8.49. The lowest BCUT2D eigenvalue weighted by Crippen LogP contribution is -2.44. The standard InChI is InChI=1S/C55H57N9O8S/c1-31-28-33(23-25-63(31)30-47(66)56-42-20-17-38-48(39-19-22-46(65)59-53(39)68)61-62(3)50(38)51(42)71-4)10-9-27-72-43-15-8-12-35(32(43)2)36-18-21-45(58-49(36)54(69)70)64-26-24-34-11-7-13-37(40(34)29-64)52(67)60-55-57-41-14-5-6-16-44(41)73-55/h5-8,11-18,20-21,31,33,39H,9-10,19,22-30H2,1-4H3,(H,56,66)(H,69,70)(H,57,60,67)(H,59,65,68)/t31-,33+,39?/m1/s1. The summed E-state index contributed by atoms with van der Waals surface area (Å²) in [5.41, 5.74) is 7.05. The second kappa shape index (κ2) is 20.8. The molecule has 3 aliphatic rings. The fourth-order valence-electron chi connectivity index (χ4n) is 10.8. The van der Waals surface area contributed by atoms with E-state index in [0.29, 0.717) is 88.9 Å². The molecule has 4 aromatic carbocycles. The summed E-state index contributed by atoms with van der Waals surface area (Å²) in [5, 5.41) is 24.8. The highest BCUT2D eigenvalue weighted by molar-refractivity contribution is 7.22. The molecule has 376 valence electrons. The largest absolute Gasteiger partial charge is 0.493 e. The number of carbonyl (C=O) groups is 5. The molecule has 2 fully saturated rings. The fourth-order valence-corrected chi connectivity index (χ4v) is 11.6. The number of hydrogen-bond donors (Lipinski definition) is 4. The summed E-state index contributed by atoms with van der Waals surface area (Å²) in [7, 11) is 3.31. The van der Waals surface area contributed by atoms with Gasteiger partial charge >= 0.3 is 5.97 Å². The number of piperidine rings is 2. The van der Waals surface area contributed by atoms with Crippen molar-refractivity contribution in [2.75, 3.05) is 48.9 Å². The molecule has 0 aliphatic carbocycles. The van der Waals surface area contributed by atoms with Crippen molar-refractivity contribution >= 4 is 78.7 Å². The van der Waals surface area contributed by atoms with Crippen molar-refractivity contribution in [1.29, 1.82) is 0 Å². The number of carboxylic acids is 1. The van der Waals surface area contributed by atoms with Crippen molar-refractivity contribution < 1.29 is 38.6 Å². The zero-order chi connectivity index (χ0) is 50.9. The molecule has 4 N–H and O–H groups in total. The van der Waals surface area contributed by atoms with Crippen molar-refractivity contribution in [2.45, 2.75) is 77.3 Å². The molecule has 18 heteroatoms. The minimum Gasteiger partial charge on any atom is -0.493 e. The second-order valence-electron chi connectivity index (χ2n) is 19.2. The maximum atomic E-state index is 13.7. The van der Waals surface area contributed by atoms with Gasteiger partial charge < -0.3 is 24.8 Å². The number of thiazole rings is 1. The van der Waals surface area contributed by atoms with E-state index >= 15 is 0 Å². The van der Waals surface area contributed by atoms with Crippen molar-refractivity contribution in [3.63, 3.8) is 0 Å². The number of para-hydroxylation sites is 1. The first-order valence-corrected chi connectivity index (χ1v) is 25.6. The zero-order valence-corrected chi connectivity index (χ0v) is 42.0. The normalized spacial score (nSPS) is 18.1. The lowest BCUT2D eigenvalue weighted by Gasteiger charge is -2.37. The fraction of sp³-hybridized carbons (Fsp3) is 0.345. The van der Waals surface area contributed by atoms with Crippen LogP contribution in [-0.2, 0) is 34.4 Å². The van der Waals surface area contributed by atoms with Crippen LogP contribution in [0.1, 0.15) is 94.6 Å². The Morgan fingerprint density at radius 1 is 0.918 bits per heavy atom. The number of ether oxygens (including phenoxy) is 2. The van der Waals surface area contributed by atoms with Crippen molar-refractivity contribution in [3.05, 3.63) is 119 Å². The Balaban J connectivity index is 0.727. The number of methoxy groups -OCH3 is 1. The Kier molecular flexibility index (Phi) is 13.9. The molecule has 10 rings (SSSR count). The number of anilines is 3. The van der Waals surface area contributed by atoms with Crippen LogP contribution in [0, 0.1) is 12.8 Å². The molecule has 3 atom stereocenters. The number of pyridine rings is 1. The molecule has 17 nitrogen and oxygen atoms in total. The number of benzene rings is 4. The molecule has 1 unspecified atom stereocenters. The minimum atomic E-state index is -1.14. The monoisotopic (exact) mass is 1000 g/mol. The van der Waals surface area contributed by atoms with E-state index in [-0.39, 0.29) is 48.3 Å². The highest BCUT2D eigenvalue weighted by atomic mass is 32.1. The molecule has 0 saturated carbocycles. The SMILES string of the molecule is COc1c(NC(=O)CN2CC[C@H](CCCOc3cccc(-c4ccc(N5CCc6cccc(C(=O)Nc7nc8ccccc8s7)c6C5)nc4C(=O)O)c3C)C[C@H]2C)ccc2c(C3CCC(=O)NC3=O)nn(C)c12. The topological polar surface area (TPSA) is 210 Å². The van der Waals surface area contributed by atoms with Crippen LogP contribution in [0.4, 0.5) is 16.6 Å². The van der Waals surface area contributed by atoms with E-state index in [0.717, 1.165) is 70.1 Å². The highest BCUT2D eigenvalue weighted by Crippen LogP contribution is 2.40. The quantitative estimate of drug-likeness (QED) is 0.0562. The number of imide groups is 1. The smallest absolute Gasteiger partial charge is 0.355 e. The minimum absolute atomic E-state index is 0.0589. The first-order valence-electron chi connectivity index (χ1n) is 24.7. The van der Waals surface area contributed by atoms with Gasteiger partial charge in [0.15, 0.2) is 16.6 Å². The van der Waals surface area contributed by atoms with E-state index in [1.54, 1.807) is 17.8 Å². The summed E-state index contributed by atoms with van der Waals surface area (Å²) in [6.45, 7) is 6.60. The molecule has 73 heavy (non-hydrogen) atoms. The van der Waals surface area contributed by atoms with Gasteiger partial charge in [0.1, 0.15) is 17.1 Å². The van der Waals surface area contributed by atoms with Gasteiger partial charge in [-0.25, -0.2) is 14.8 Å². The Labute approximate surface area is 425 Å². The molecule has 7 aromatic rings. The Morgan fingerprint density at radius 2 is 1.75 bits per heavy atom. The number of rotatable bonds is 15. The summed E-state index contributed by atoms with van der Waals surface area (Å²) >= 11 is 1.42. The average Bonchev–Trinajstić information content (AvgIpc) is 3.95. The third kappa shape index (κ3) is 10.1. The van der Waals surface area contributed by atoms with Gasteiger partial charge in [0.05, 0.1) is 47.8 Å². The Hall–Kier alpha value is -7.70. The number of nitrogens with one attached hydrogen (secondary N) is 3. The van der Waals surface area contributed by atoms with Crippen molar-refractivity contribution in [2.24, 2.45) is 13.0 Å². The lowest BCUT2D eigenvalue weighted by molar-refractivity contribution is -0.134. The van der Waals surface area contributed by atoms with Crippen LogP contribution in [0.2, 0.25) is 0 Å². The van der Waals surface area contributed by atoms with E-state index in [2.05, 4.69) is 37.9 Å². The molecule has 2 saturated heterocycles. The number of carbonyl (C=O) groups excluding carboxylic acids is 4. The third-order valence-corrected chi connectivity index (χ3v) is 15.5. The summed E-state index contributed by atoms with van der Waals surface area (Å²) in [6, 6.07) is 26.6. The molecular formula is C55H57N9O8S. The number of amides is 4. The highest BCUT2D eigenvalue weighted by Gasteiger charge is 2.33. The van der Waals surface area contributed by atoms with Gasteiger partial charge in [-0.2, -0.15) is 5.10 Å². The van der Waals surface area contributed by atoms with E-state index in [4.69, 9.17) is 14.5 Å². The van der Waals surface area contributed by atoms with Crippen molar-refractivity contribution in [3.8, 4) is 22.6 Å². The van der Waals surface area contributed by atoms with Gasteiger partial charge in [0.2, 0.25) is 17.7 Å². The number of hydrogen-bond acceptors (Lipinski definition) is 13. The van der Waals surface area contributed by atoms with Gasteiger partial charge in [-0.1, -0.05) is 47.7 Å². The van der Waals surface area contributed by atoms with Gasteiger partial charge in [0, 0.05) is 49.1 Å². The predicted molar refractivity (Wildman–Crippen MR) is 280 cm³/mol. The number of likely N-dealkylation sites (tertiary alicyclic amines) is 1. The molecule has 3 aliphatic heterocycles. The van der Waals surface area contributed by atoms with E-state index in [1.165, 1.54) is 18.4 Å². The maximum absolute atomic E-state index is 13.7. The Bertz CT molecular complexity index is 3280. The van der Waals surface area contributed by atoms with E-state index in [9.17, 15) is 29.1 Å². The molecule has 0 radical (unpaired) electrons. The van der Waals surface area contributed by atoms with Gasteiger partial charge in [-0.05, 0) is 136 Å². The lowest BCUT2D eigenvalue weighted by atomic mass is 9.88. The van der Waals surface area contributed by atoms with Crippen LogP contribution in [0.5, 0.6) is 11.5 Å².